The fourth-order valence-electron chi connectivity index (χ4n) is 3.15. The molecule has 1 unspecified atom stereocenters. The summed E-state index contributed by atoms with van der Waals surface area (Å²) in [6.45, 7) is 6.17. The van der Waals surface area contributed by atoms with Crippen LogP contribution in [0.15, 0.2) is 24.3 Å². The minimum Gasteiger partial charge on any atom is -0.331 e. The summed E-state index contributed by atoms with van der Waals surface area (Å²) in [4.78, 5) is 4.96. The van der Waals surface area contributed by atoms with Gasteiger partial charge in [-0.05, 0) is 26.3 Å². The van der Waals surface area contributed by atoms with E-state index in [1.165, 1.54) is 35.5 Å². The van der Waals surface area contributed by atoms with E-state index in [2.05, 4.69) is 42.7 Å². The van der Waals surface area contributed by atoms with Crippen LogP contribution in [0.2, 0.25) is 0 Å². The van der Waals surface area contributed by atoms with Gasteiger partial charge in [-0.2, -0.15) is 0 Å². The lowest BCUT2D eigenvalue weighted by molar-refractivity contribution is 0.454. The zero-order valence-electron chi connectivity index (χ0n) is 12.4. The normalized spacial score (nSPS) is 18.1. The van der Waals surface area contributed by atoms with Gasteiger partial charge in [-0.1, -0.05) is 36.8 Å². The number of imidazole rings is 1. The first-order valence-corrected chi connectivity index (χ1v) is 7.57. The molecular weight excluding hydrogens is 246 g/mol. The highest BCUT2D eigenvalue weighted by Crippen LogP contribution is 2.33. The summed E-state index contributed by atoms with van der Waals surface area (Å²) in [7, 11) is 0. The van der Waals surface area contributed by atoms with Gasteiger partial charge in [0.25, 0.3) is 0 Å². The highest BCUT2D eigenvalue weighted by Gasteiger charge is 2.24. The minimum atomic E-state index is 0.555. The summed E-state index contributed by atoms with van der Waals surface area (Å²) < 4.78 is 2.41. The molecule has 1 aromatic carbocycles. The van der Waals surface area contributed by atoms with Crippen LogP contribution in [-0.4, -0.2) is 16.1 Å². The molecule has 3 rings (SSSR count). The number of hydrogen-bond acceptors (Lipinski definition) is 2. The predicted octanol–water partition coefficient (Wildman–Crippen LogP) is 3.26. The van der Waals surface area contributed by atoms with Crippen molar-refractivity contribution in [3.05, 3.63) is 41.3 Å². The highest BCUT2D eigenvalue weighted by molar-refractivity contribution is 5.63. The van der Waals surface area contributed by atoms with Gasteiger partial charge < -0.3 is 10.3 Å². The Kier molecular flexibility index (Phi) is 3.62. The van der Waals surface area contributed by atoms with Crippen molar-refractivity contribution in [3.8, 4) is 11.3 Å². The first-order chi connectivity index (χ1) is 9.70. The average molecular weight is 269 g/mol. The topological polar surface area (TPSA) is 43.8 Å². The van der Waals surface area contributed by atoms with Gasteiger partial charge in [0, 0.05) is 30.1 Å². The molecule has 0 saturated carbocycles. The molecule has 20 heavy (non-hydrogen) atoms. The summed E-state index contributed by atoms with van der Waals surface area (Å²) in [6, 6.07) is 8.66. The van der Waals surface area contributed by atoms with E-state index in [4.69, 9.17) is 10.7 Å². The Bertz CT molecular complexity index is 595. The summed E-state index contributed by atoms with van der Waals surface area (Å²) in [5.74, 6) is 1.80. The third-order valence-electron chi connectivity index (χ3n) is 4.27. The van der Waals surface area contributed by atoms with E-state index in [1.807, 2.05) is 0 Å². The predicted molar refractivity (Wildman–Crippen MR) is 82.8 cm³/mol. The Balaban J connectivity index is 2.12. The number of rotatable bonds is 3. The van der Waals surface area contributed by atoms with Crippen LogP contribution >= 0.6 is 0 Å². The fraction of sp³-hybridized carbons (Fsp3) is 0.471. The molecule has 1 atom stereocenters. The van der Waals surface area contributed by atoms with Crippen LogP contribution < -0.4 is 5.73 Å². The first kappa shape index (κ1) is 13.4. The van der Waals surface area contributed by atoms with Gasteiger partial charge in [-0.25, -0.2) is 4.98 Å². The summed E-state index contributed by atoms with van der Waals surface area (Å²) >= 11 is 0. The van der Waals surface area contributed by atoms with Crippen LogP contribution in [0.4, 0.5) is 0 Å². The molecule has 3 heteroatoms. The zero-order chi connectivity index (χ0) is 14.1. The Morgan fingerprint density at radius 3 is 2.75 bits per heavy atom. The molecule has 1 aliphatic heterocycles. The van der Waals surface area contributed by atoms with Gasteiger partial charge in [0.05, 0.1) is 5.69 Å². The van der Waals surface area contributed by atoms with Crippen LogP contribution in [0, 0.1) is 6.92 Å². The molecule has 0 spiro atoms. The molecule has 0 amide bonds. The van der Waals surface area contributed by atoms with E-state index in [9.17, 15) is 0 Å². The van der Waals surface area contributed by atoms with Gasteiger partial charge in [-0.3, -0.25) is 0 Å². The van der Waals surface area contributed by atoms with Crippen molar-refractivity contribution < 1.29 is 0 Å². The maximum Gasteiger partial charge on any atom is 0.112 e. The standard InChI is InChI=1S/C17H23N3/c1-12-5-7-14(8-6-12)16-15(9-10-18)20-11-3-4-13(2)17(20)19-16/h5-8,13H,3-4,9-11,18H2,1-2H3. The second-order valence-corrected chi connectivity index (χ2v) is 5.86. The maximum absolute atomic E-state index is 5.82. The van der Waals surface area contributed by atoms with Crippen molar-refractivity contribution in [3.63, 3.8) is 0 Å². The molecule has 2 N–H and O–H groups in total. The third-order valence-corrected chi connectivity index (χ3v) is 4.27. The smallest absolute Gasteiger partial charge is 0.112 e. The van der Waals surface area contributed by atoms with E-state index >= 15 is 0 Å². The third kappa shape index (κ3) is 2.27. The van der Waals surface area contributed by atoms with Crippen LogP contribution in [0.25, 0.3) is 11.3 Å². The Labute approximate surface area is 120 Å². The van der Waals surface area contributed by atoms with Crippen molar-refractivity contribution in [2.75, 3.05) is 6.54 Å². The fourth-order valence-corrected chi connectivity index (χ4v) is 3.15. The maximum atomic E-state index is 5.82. The molecular formula is C17H23N3. The van der Waals surface area contributed by atoms with Crippen LogP contribution in [0.5, 0.6) is 0 Å². The molecule has 1 aromatic heterocycles. The number of nitrogens with zero attached hydrogens (tertiary/aromatic N) is 2. The lowest BCUT2D eigenvalue weighted by Gasteiger charge is -2.21. The van der Waals surface area contributed by atoms with Gasteiger partial charge in [0.15, 0.2) is 0 Å². The van der Waals surface area contributed by atoms with E-state index in [-0.39, 0.29) is 0 Å². The van der Waals surface area contributed by atoms with Crippen molar-refractivity contribution in [2.24, 2.45) is 5.73 Å². The Hall–Kier alpha value is -1.61. The molecule has 2 heterocycles. The number of benzene rings is 1. The number of hydrogen-bond donors (Lipinski definition) is 1. The Morgan fingerprint density at radius 2 is 2.05 bits per heavy atom. The molecule has 2 aromatic rings. The number of nitrogens with two attached hydrogens (primary N) is 1. The first-order valence-electron chi connectivity index (χ1n) is 7.57. The zero-order valence-corrected chi connectivity index (χ0v) is 12.4. The largest absolute Gasteiger partial charge is 0.331 e. The molecule has 0 radical (unpaired) electrons. The van der Waals surface area contributed by atoms with Crippen molar-refractivity contribution in [1.82, 2.24) is 9.55 Å². The molecule has 0 fully saturated rings. The molecule has 1 aliphatic rings. The molecule has 0 saturated heterocycles. The van der Waals surface area contributed by atoms with E-state index < -0.39 is 0 Å². The SMILES string of the molecule is Cc1ccc(-c2nc3n(c2CCN)CCCC3C)cc1. The van der Waals surface area contributed by atoms with E-state index in [1.54, 1.807) is 0 Å². The minimum absolute atomic E-state index is 0.555. The van der Waals surface area contributed by atoms with E-state index in [0.717, 1.165) is 18.7 Å². The summed E-state index contributed by atoms with van der Waals surface area (Å²) in [5, 5.41) is 0. The molecule has 0 bridgehead atoms. The average Bonchev–Trinajstić information content (AvgIpc) is 2.81. The summed E-state index contributed by atoms with van der Waals surface area (Å²) in [5.41, 5.74) is 10.8. The number of fused-ring (bicyclic) bond motifs is 1. The van der Waals surface area contributed by atoms with Crippen molar-refractivity contribution in [1.29, 1.82) is 0 Å². The van der Waals surface area contributed by atoms with E-state index in [0.29, 0.717) is 12.5 Å². The van der Waals surface area contributed by atoms with Crippen molar-refractivity contribution >= 4 is 0 Å². The quantitative estimate of drug-likeness (QED) is 0.929. The molecule has 3 nitrogen and oxygen atoms in total. The van der Waals surface area contributed by atoms with Crippen LogP contribution in [0.3, 0.4) is 0 Å². The van der Waals surface area contributed by atoms with Crippen LogP contribution in [-0.2, 0) is 13.0 Å². The highest BCUT2D eigenvalue weighted by atomic mass is 15.1. The molecule has 106 valence electrons. The number of aryl methyl sites for hydroxylation is 1. The van der Waals surface area contributed by atoms with Gasteiger partial charge in [-0.15, -0.1) is 0 Å². The molecule has 0 aliphatic carbocycles. The van der Waals surface area contributed by atoms with Gasteiger partial charge in [0.1, 0.15) is 5.82 Å². The van der Waals surface area contributed by atoms with Gasteiger partial charge in [0.2, 0.25) is 0 Å². The Morgan fingerprint density at radius 1 is 1.30 bits per heavy atom. The summed E-state index contributed by atoms with van der Waals surface area (Å²) in [6.07, 6.45) is 3.39. The van der Waals surface area contributed by atoms with Gasteiger partial charge >= 0.3 is 0 Å². The second kappa shape index (κ2) is 5.41. The van der Waals surface area contributed by atoms with Crippen LogP contribution in [0.1, 0.15) is 42.8 Å². The van der Waals surface area contributed by atoms with Crippen molar-refractivity contribution in [2.45, 2.75) is 45.6 Å². The lowest BCUT2D eigenvalue weighted by Crippen LogP contribution is -2.17. The number of aromatic nitrogens is 2. The second-order valence-electron chi connectivity index (χ2n) is 5.86. The monoisotopic (exact) mass is 269 g/mol. The lowest BCUT2D eigenvalue weighted by atomic mass is 10.0.